The Morgan fingerprint density at radius 2 is 1.39 bits per heavy atom. The molecule has 0 saturated heterocycles. The number of aromatic hydroxyl groups is 1. The summed E-state index contributed by atoms with van der Waals surface area (Å²) in [7, 11) is 0. The van der Waals surface area contributed by atoms with Crippen molar-refractivity contribution in [1.82, 2.24) is 0 Å². The number of carbonyl (C=O) groups excluding carboxylic acids is 1. The highest BCUT2D eigenvalue weighted by Crippen LogP contribution is 2.18. The van der Waals surface area contributed by atoms with Crippen LogP contribution >= 0.6 is 0 Å². The number of rotatable bonds is 7. The molecule has 6 nitrogen and oxygen atoms in total. The van der Waals surface area contributed by atoms with E-state index >= 15 is 0 Å². The number of benzene rings is 2. The Hall–Kier alpha value is -3.02. The fourth-order valence-electron chi connectivity index (χ4n) is 1.99. The van der Waals surface area contributed by atoms with Crippen molar-refractivity contribution in [3.8, 4) is 11.5 Å². The summed E-state index contributed by atoms with van der Waals surface area (Å²) in [6.07, 6.45) is 0. The number of ether oxygens (including phenoxy) is 2. The molecule has 152 valence electrons. The van der Waals surface area contributed by atoms with Crippen LogP contribution in [-0.4, -0.2) is 35.4 Å². The normalized spacial score (nSPS) is 10.2. The SMILES string of the molecule is CC(C)COC(=O)c1ccccc1O.CC(C)COc1ccccc1C(=O)O. The van der Waals surface area contributed by atoms with Crippen molar-refractivity contribution in [3.63, 3.8) is 0 Å². The largest absolute Gasteiger partial charge is 0.507 e. The van der Waals surface area contributed by atoms with E-state index in [0.29, 0.717) is 30.8 Å². The fourth-order valence-corrected chi connectivity index (χ4v) is 1.99. The molecule has 0 aromatic heterocycles. The molecule has 0 aliphatic carbocycles. The van der Waals surface area contributed by atoms with Gasteiger partial charge in [0.15, 0.2) is 0 Å². The second kappa shape index (κ2) is 11.6. The summed E-state index contributed by atoms with van der Waals surface area (Å²) >= 11 is 0. The van der Waals surface area contributed by atoms with E-state index in [2.05, 4.69) is 0 Å². The topological polar surface area (TPSA) is 93.1 Å². The van der Waals surface area contributed by atoms with Crippen molar-refractivity contribution >= 4 is 11.9 Å². The molecule has 2 N–H and O–H groups in total. The molecule has 0 radical (unpaired) electrons. The van der Waals surface area contributed by atoms with Crippen LogP contribution in [0.2, 0.25) is 0 Å². The Morgan fingerprint density at radius 3 is 1.93 bits per heavy atom. The number of esters is 1. The second-order valence-corrected chi connectivity index (χ2v) is 7.02. The van der Waals surface area contributed by atoms with Crippen molar-refractivity contribution in [2.24, 2.45) is 11.8 Å². The molecule has 0 unspecified atom stereocenters. The summed E-state index contributed by atoms with van der Waals surface area (Å²) in [5, 5.41) is 18.2. The summed E-state index contributed by atoms with van der Waals surface area (Å²) < 4.78 is 10.4. The van der Waals surface area contributed by atoms with Gasteiger partial charge in [-0.25, -0.2) is 9.59 Å². The molecule has 2 aromatic carbocycles. The van der Waals surface area contributed by atoms with Crippen LogP contribution < -0.4 is 4.74 Å². The molecule has 0 saturated carbocycles. The van der Waals surface area contributed by atoms with E-state index in [4.69, 9.17) is 14.6 Å². The van der Waals surface area contributed by atoms with Crippen molar-refractivity contribution < 1.29 is 29.3 Å². The minimum atomic E-state index is -0.954. The van der Waals surface area contributed by atoms with E-state index in [1.54, 1.807) is 30.3 Å². The summed E-state index contributed by atoms with van der Waals surface area (Å²) in [5.41, 5.74) is 0.432. The number of hydrogen-bond donors (Lipinski definition) is 2. The molecule has 0 spiro atoms. The highest BCUT2D eigenvalue weighted by Gasteiger charge is 2.12. The van der Waals surface area contributed by atoms with Crippen LogP contribution in [0.1, 0.15) is 48.4 Å². The van der Waals surface area contributed by atoms with Gasteiger partial charge in [-0.05, 0) is 36.1 Å². The lowest BCUT2D eigenvalue weighted by molar-refractivity contribution is 0.0455. The van der Waals surface area contributed by atoms with Crippen LogP contribution in [0.5, 0.6) is 11.5 Å². The minimum Gasteiger partial charge on any atom is -0.507 e. The first-order valence-corrected chi connectivity index (χ1v) is 9.12. The van der Waals surface area contributed by atoms with E-state index in [1.807, 2.05) is 27.7 Å². The van der Waals surface area contributed by atoms with Crippen LogP contribution in [0.3, 0.4) is 0 Å². The zero-order valence-electron chi connectivity index (χ0n) is 16.7. The summed E-state index contributed by atoms with van der Waals surface area (Å²) in [4.78, 5) is 22.2. The van der Waals surface area contributed by atoms with Crippen LogP contribution in [0.25, 0.3) is 0 Å². The average Bonchev–Trinajstić information content (AvgIpc) is 2.65. The number of hydrogen-bond acceptors (Lipinski definition) is 5. The zero-order valence-corrected chi connectivity index (χ0v) is 16.7. The molecule has 6 heteroatoms. The summed E-state index contributed by atoms with van der Waals surface area (Å²) in [6.45, 7) is 8.85. The molecule has 2 rings (SSSR count). The molecule has 0 heterocycles. The molecule has 0 atom stereocenters. The van der Waals surface area contributed by atoms with Crippen molar-refractivity contribution in [1.29, 1.82) is 0 Å². The monoisotopic (exact) mass is 388 g/mol. The lowest BCUT2D eigenvalue weighted by Gasteiger charge is -2.10. The standard InChI is InChI=1S/2C11H14O3/c1-8(2)7-14-10-6-4-3-5-9(10)11(12)13;1-8(2)7-14-11(13)9-5-3-4-6-10(9)12/h3-6,8H,7H2,1-2H3,(H,12,13);3-6,8,12H,7H2,1-2H3. The molecular formula is C22H28O6. The average molecular weight is 388 g/mol. The van der Waals surface area contributed by atoms with Crippen molar-refractivity contribution in [3.05, 3.63) is 59.7 Å². The maximum atomic E-state index is 11.4. The van der Waals surface area contributed by atoms with Crippen LogP contribution in [0.4, 0.5) is 0 Å². The highest BCUT2D eigenvalue weighted by atomic mass is 16.5. The fraction of sp³-hybridized carbons (Fsp3) is 0.364. The lowest BCUT2D eigenvalue weighted by Crippen LogP contribution is -2.10. The third kappa shape index (κ3) is 8.12. The number of aromatic carboxylic acids is 1. The first-order chi connectivity index (χ1) is 13.2. The quantitative estimate of drug-likeness (QED) is 0.672. The third-order valence-corrected chi connectivity index (χ3v) is 3.36. The van der Waals surface area contributed by atoms with Gasteiger partial charge in [0, 0.05) is 0 Å². The number of carboxylic acids is 1. The molecule has 28 heavy (non-hydrogen) atoms. The Balaban J connectivity index is 0.000000280. The molecule has 2 aromatic rings. The number of carbonyl (C=O) groups is 2. The maximum Gasteiger partial charge on any atom is 0.341 e. The Labute approximate surface area is 165 Å². The van der Waals surface area contributed by atoms with Gasteiger partial charge in [0.2, 0.25) is 0 Å². The van der Waals surface area contributed by atoms with Gasteiger partial charge in [-0.1, -0.05) is 52.0 Å². The number of carboxylic acid groups (broad SMARTS) is 1. The van der Waals surface area contributed by atoms with Gasteiger partial charge in [-0.2, -0.15) is 0 Å². The number of phenols is 1. The maximum absolute atomic E-state index is 11.4. The Morgan fingerprint density at radius 1 is 0.857 bits per heavy atom. The first kappa shape index (κ1) is 23.0. The van der Waals surface area contributed by atoms with E-state index in [9.17, 15) is 14.7 Å². The van der Waals surface area contributed by atoms with Gasteiger partial charge in [0.25, 0.3) is 0 Å². The number of phenolic OH excluding ortho intramolecular Hbond substituents is 1. The Bertz CT molecular complexity index is 767. The van der Waals surface area contributed by atoms with E-state index < -0.39 is 11.9 Å². The molecule has 0 fully saturated rings. The van der Waals surface area contributed by atoms with E-state index in [0.717, 1.165) is 0 Å². The first-order valence-electron chi connectivity index (χ1n) is 9.12. The molecule has 0 aliphatic heterocycles. The predicted molar refractivity (Wildman–Crippen MR) is 107 cm³/mol. The van der Waals surface area contributed by atoms with Crippen LogP contribution in [0.15, 0.2) is 48.5 Å². The van der Waals surface area contributed by atoms with Gasteiger partial charge in [0.1, 0.15) is 22.6 Å². The van der Waals surface area contributed by atoms with Crippen molar-refractivity contribution in [2.75, 3.05) is 13.2 Å². The highest BCUT2D eigenvalue weighted by molar-refractivity contribution is 5.92. The molecule has 0 aliphatic rings. The van der Waals surface area contributed by atoms with Gasteiger partial charge in [-0.15, -0.1) is 0 Å². The van der Waals surface area contributed by atoms with Gasteiger partial charge in [0.05, 0.1) is 13.2 Å². The number of para-hydroxylation sites is 2. The molecular weight excluding hydrogens is 360 g/mol. The smallest absolute Gasteiger partial charge is 0.341 e. The Kier molecular flexibility index (Phi) is 9.57. The molecule has 0 bridgehead atoms. The zero-order chi connectivity index (χ0) is 21.1. The molecule has 0 amide bonds. The minimum absolute atomic E-state index is 0.0405. The van der Waals surface area contributed by atoms with Gasteiger partial charge >= 0.3 is 11.9 Å². The second-order valence-electron chi connectivity index (χ2n) is 7.02. The van der Waals surface area contributed by atoms with Crippen molar-refractivity contribution in [2.45, 2.75) is 27.7 Å². The van der Waals surface area contributed by atoms with Gasteiger partial charge < -0.3 is 19.7 Å². The lowest BCUT2D eigenvalue weighted by atomic mass is 10.2. The van der Waals surface area contributed by atoms with Gasteiger partial charge in [-0.3, -0.25) is 0 Å². The van der Waals surface area contributed by atoms with E-state index in [1.165, 1.54) is 18.2 Å². The van der Waals surface area contributed by atoms with Crippen LogP contribution in [0, 0.1) is 11.8 Å². The predicted octanol–water partition coefficient (Wildman–Crippen LogP) is 4.62. The van der Waals surface area contributed by atoms with E-state index in [-0.39, 0.29) is 16.9 Å². The summed E-state index contributed by atoms with van der Waals surface area (Å²) in [5.74, 6) is -0.349. The van der Waals surface area contributed by atoms with Crippen LogP contribution in [-0.2, 0) is 4.74 Å². The summed E-state index contributed by atoms with van der Waals surface area (Å²) in [6, 6.07) is 13.0. The third-order valence-electron chi connectivity index (χ3n) is 3.36.